The summed E-state index contributed by atoms with van der Waals surface area (Å²) in [4.78, 5) is 0. The molecule has 2 unspecified atom stereocenters. The van der Waals surface area contributed by atoms with Gasteiger partial charge in [-0.25, -0.2) is 4.39 Å². The minimum Gasteiger partial charge on any atom is -0.309 e. The van der Waals surface area contributed by atoms with Crippen molar-refractivity contribution in [1.82, 2.24) is 5.32 Å². The van der Waals surface area contributed by atoms with Crippen molar-refractivity contribution < 1.29 is 4.39 Å². The van der Waals surface area contributed by atoms with Gasteiger partial charge in [0.2, 0.25) is 0 Å². The van der Waals surface area contributed by atoms with Crippen molar-refractivity contribution in [3.8, 4) is 0 Å². The molecule has 0 spiro atoms. The molecule has 106 valence electrons. The van der Waals surface area contributed by atoms with E-state index in [9.17, 15) is 4.39 Å². The monoisotopic (exact) mass is 271 g/mol. The third-order valence-corrected chi connectivity index (χ3v) is 3.68. The molecule has 0 aliphatic heterocycles. The van der Waals surface area contributed by atoms with Gasteiger partial charge in [0.15, 0.2) is 0 Å². The van der Waals surface area contributed by atoms with Crippen molar-refractivity contribution in [2.75, 3.05) is 6.54 Å². The summed E-state index contributed by atoms with van der Waals surface area (Å²) in [6, 6.07) is 17.3. The predicted molar refractivity (Wildman–Crippen MR) is 82.3 cm³/mol. The fourth-order valence-electron chi connectivity index (χ4n) is 2.53. The van der Waals surface area contributed by atoms with Crippen LogP contribution in [0.25, 0.3) is 0 Å². The van der Waals surface area contributed by atoms with Crippen molar-refractivity contribution in [3.05, 3.63) is 71.5 Å². The summed E-state index contributed by atoms with van der Waals surface area (Å²) < 4.78 is 14.1. The lowest BCUT2D eigenvalue weighted by atomic mass is 9.88. The number of hydrogen-bond acceptors (Lipinski definition) is 1. The van der Waals surface area contributed by atoms with Crippen LogP contribution < -0.4 is 5.32 Å². The van der Waals surface area contributed by atoms with Gasteiger partial charge < -0.3 is 5.32 Å². The molecule has 0 radical (unpaired) electrons. The Hall–Kier alpha value is -1.67. The van der Waals surface area contributed by atoms with Crippen molar-refractivity contribution >= 4 is 0 Å². The summed E-state index contributed by atoms with van der Waals surface area (Å²) in [5.41, 5.74) is 1.97. The SMILES string of the molecule is CCCNC(c1ccccc1F)C(C)c1ccccc1. The quantitative estimate of drug-likeness (QED) is 0.805. The van der Waals surface area contributed by atoms with Crippen LogP contribution in [0.4, 0.5) is 4.39 Å². The fourth-order valence-corrected chi connectivity index (χ4v) is 2.53. The van der Waals surface area contributed by atoms with E-state index in [0.717, 1.165) is 18.5 Å². The highest BCUT2D eigenvalue weighted by molar-refractivity contribution is 5.28. The molecular weight excluding hydrogens is 249 g/mol. The Morgan fingerprint density at radius 3 is 2.30 bits per heavy atom. The number of hydrogen-bond donors (Lipinski definition) is 1. The second kappa shape index (κ2) is 7.20. The molecule has 2 heteroatoms. The average molecular weight is 271 g/mol. The lowest BCUT2D eigenvalue weighted by molar-refractivity contribution is 0.445. The van der Waals surface area contributed by atoms with Crippen LogP contribution in [0.1, 0.15) is 43.4 Å². The third-order valence-electron chi connectivity index (χ3n) is 3.68. The van der Waals surface area contributed by atoms with E-state index in [1.165, 1.54) is 11.6 Å². The summed E-state index contributed by atoms with van der Waals surface area (Å²) in [5, 5.41) is 3.48. The second-order valence-electron chi connectivity index (χ2n) is 5.15. The van der Waals surface area contributed by atoms with Crippen molar-refractivity contribution in [3.63, 3.8) is 0 Å². The van der Waals surface area contributed by atoms with E-state index in [0.29, 0.717) is 0 Å². The molecular formula is C18H22FN. The van der Waals surface area contributed by atoms with Gasteiger partial charge in [0, 0.05) is 17.5 Å². The molecule has 2 rings (SSSR count). The van der Waals surface area contributed by atoms with E-state index in [2.05, 4.69) is 31.3 Å². The molecule has 0 heterocycles. The molecule has 1 N–H and O–H groups in total. The zero-order chi connectivity index (χ0) is 14.4. The first kappa shape index (κ1) is 14.7. The fraction of sp³-hybridized carbons (Fsp3) is 0.333. The second-order valence-corrected chi connectivity index (χ2v) is 5.15. The van der Waals surface area contributed by atoms with Gasteiger partial charge in [-0.3, -0.25) is 0 Å². The Kier molecular flexibility index (Phi) is 5.31. The highest BCUT2D eigenvalue weighted by Crippen LogP contribution is 2.31. The Balaban J connectivity index is 2.30. The first-order chi connectivity index (χ1) is 9.74. The first-order valence-electron chi connectivity index (χ1n) is 7.26. The molecule has 0 fully saturated rings. The van der Waals surface area contributed by atoms with Gasteiger partial charge in [-0.1, -0.05) is 62.4 Å². The van der Waals surface area contributed by atoms with Gasteiger partial charge in [0.1, 0.15) is 5.82 Å². The van der Waals surface area contributed by atoms with Gasteiger partial charge in [-0.15, -0.1) is 0 Å². The smallest absolute Gasteiger partial charge is 0.127 e. The van der Waals surface area contributed by atoms with Gasteiger partial charge >= 0.3 is 0 Å². The molecule has 0 amide bonds. The number of nitrogens with one attached hydrogen (secondary N) is 1. The molecule has 1 nitrogen and oxygen atoms in total. The normalized spacial score (nSPS) is 13.9. The minimum atomic E-state index is -0.135. The van der Waals surface area contributed by atoms with Crippen molar-refractivity contribution in [2.24, 2.45) is 0 Å². The van der Waals surface area contributed by atoms with Crippen LogP contribution in [-0.2, 0) is 0 Å². The zero-order valence-electron chi connectivity index (χ0n) is 12.1. The molecule has 2 aromatic carbocycles. The maximum absolute atomic E-state index is 14.1. The van der Waals surface area contributed by atoms with E-state index >= 15 is 0 Å². The van der Waals surface area contributed by atoms with Crippen LogP contribution in [0.15, 0.2) is 54.6 Å². The first-order valence-corrected chi connectivity index (χ1v) is 7.26. The topological polar surface area (TPSA) is 12.0 Å². The van der Waals surface area contributed by atoms with E-state index in [1.54, 1.807) is 6.07 Å². The predicted octanol–water partition coefficient (Wildman–Crippen LogP) is 4.67. The molecule has 0 bridgehead atoms. The Bertz CT molecular complexity index is 524. The van der Waals surface area contributed by atoms with Crippen LogP contribution in [0, 0.1) is 5.82 Å². The standard InChI is InChI=1S/C18H22FN/c1-3-13-20-18(16-11-7-8-12-17(16)19)14(2)15-9-5-4-6-10-15/h4-12,14,18,20H,3,13H2,1-2H3. The van der Waals surface area contributed by atoms with E-state index < -0.39 is 0 Å². The van der Waals surface area contributed by atoms with Crippen LogP contribution >= 0.6 is 0 Å². The molecule has 2 atom stereocenters. The van der Waals surface area contributed by atoms with Gasteiger partial charge in [0.05, 0.1) is 0 Å². The molecule has 0 aliphatic rings. The maximum Gasteiger partial charge on any atom is 0.127 e. The summed E-state index contributed by atoms with van der Waals surface area (Å²) in [7, 11) is 0. The number of halogens is 1. The maximum atomic E-state index is 14.1. The van der Waals surface area contributed by atoms with Gasteiger partial charge in [-0.2, -0.15) is 0 Å². The average Bonchev–Trinajstić information content (AvgIpc) is 2.50. The summed E-state index contributed by atoms with van der Waals surface area (Å²) >= 11 is 0. The van der Waals surface area contributed by atoms with Crippen molar-refractivity contribution in [1.29, 1.82) is 0 Å². The highest BCUT2D eigenvalue weighted by Gasteiger charge is 2.22. The lowest BCUT2D eigenvalue weighted by Gasteiger charge is -2.26. The van der Waals surface area contributed by atoms with Crippen LogP contribution in [0.2, 0.25) is 0 Å². The molecule has 2 aromatic rings. The molecule has 0 aliphatic carbocycles. The Labute approximate surface area is 120 Å². The van der Waals surface area contributed by atoms with Gasteiger partial charge in [0.25, 0.3) is 0 Å². The molecule has 0 saturated carbocycles. The summed E-state index contributed by atoms with van der Waals surface area (Å²) in [6.45, 7) is 5.16. The van der Waals surface area contributed by atoms with Gasteiger partial charge in [-0.05, 0) is 24.6 Å². The summed E-state index contributed by atoms with van der Waals surface area (Å²) in [5.74, 6) is 0.0866. The van der Waals surface area contributed by atoms with Crippen LogP contribution in [-0.4, -0.2) is 6.54 Å². The third kappa shape index (κ3) is 3.45. The molecule has 0 saturated heterocycles. The van der Waals surface area contributed by atoms with E-state index in [-0.39, 0.29) is 17.8 Å². The molecule has 20 heavy (non-hydrogen) atoms. The van der Waals surface area contributed by atoms with E-state index in [1.807, 2.05) is 30.3 Å². The number of rotatable bonds is 6. The Morgan fingerprint density at radius 1 is 1.00 bits per heavy atom. The van der Waals surface area contributed by atoms with Crippen molar-refractivity contribution in [2.45, 2.75) is 32.2 Å². The molecule has 0 aromatic heterocycles. The lowest BCUT2D eigenvalue weighted by Crippen LogP contribution is -2.27. The van der Waals surface area contributed by atoms with Crippen LogP contribution in [0.3, 0.4) is 0 Å². The Morgan fingerprint density at radius 2 is 1.65 bits per heavy atom. The zero-order valence-corrected chi connectivity index (χ0v) is 12.1. The summed E-state index contributed by atoms with van der Waals surface area (Å²) in [6.07, 6.45) is 1.03. The van der Waals surface area contributed by atoms with Crippen LogP contribution in [0.5, 0.6) is 0 Å². The minimum absolute atomic E-state index is 0.00134. The largest absolute Gasteiger partial charge is 0.309 e. The van der Waals surface area contributed by atoms with E-state index in [4.69, 9.17) is 0 Å². The highest BCUT2D eigenvalue weighted by atomic mass is 19.1. The number of benzene rings is 2.